The first-order chi connectivity index (χ1) is 14.0. The van der Waals surface area contributed by atoms with Crippen molar-refractivity contribution in [2.45, 2.75) is 24.3 Å². The van der Waals surface area contributed by atoms with Crippen LogP contribution < -0.4 is 4.74 Å². The lowest BCUT2D eigenvalue weighted by atomic mass is 10.1. The molecule has 1 fully saturated rings. The van der Waals surface area contributed by atoms with Gasteiger partial charge in [-0.2, -0.15) is 0 Å². The molecule has 2 aromatic rings. The number of carbonyl (C=O) groups excluding carboxylic acids is 2. The molecule has 5 nitrogen and oxygen atoms in total. The fourth-order valence-electron chi connectivity index (χ4n) is 3.37. The molecule has 1 heterocycles. The maximum atomic E-state index is 13.1. The Hall–Kier alpha value is -2.18. The Labute approximate surface area is 181 Å². The third-order valence-corrected chi connectivity index (χ3v) is 6.22. The number of carbonyl (C=O) groups is 2. The van der Waals surface area contributed by atoms with Crippen molar-refractivity contribution in [1.82, 2.24) is 9.80 Å². The summed E-state index contributed by atoms with van der Waals surface area (Å²) in [5, 5.41) is 0.595. The number of thioether (sulfide) groups is 1. The van der Waals surface area contributed by atoms with Crippen molar-refractivity contribution in [3.05, 3.63) is 58.6 Å². The quantitative estimate of drug-likeness (QED) is 0.611. The normalized spacial score (nSPS) is 13.4. The van der Waals surface area contributed by atoms with Gasteiger partial charge in [0, 0.05) is 42.2 Å². The topological polar surface area (TPSA) is 49.9 Å². The van der Waals surface area contributed by atoms with Gasteiger partial charge in [0.05, 0.1) is 18.4 Å². The Morgan fingerprint density at radius 2 is 1.90 bits per heavy atom. The van der Waals surface area contributed by atoms with Gasteiger partial charge in [0.25, 0.3) is 5.91 Å². The van der Waals surface area contributed by atoms with Gasteiger partial charge in [0.1, 0.15) is 5.75 Å². The zero-order valence-electron chi connectivity index (χ0n) is 16.7. The van der Waals surface area contributed by atoms with Crippen molar-refractivity contribution >= 4 is 35.2 Å². The predicted molar refractivity (Wildman–Crippen MR) is 117 cm³/mol. The van der Waals surface area contributed by atoms with Gasteiger partial charge in [-0.1, -0.05) is 23.7 Å². The largest absolute Gasteiger partial charge is 0.496 e. The standard InChI is InChI=1S/C22H25ClN2O3S/c1-24(14-16-13-17(23)9-10-19(16)28-2)22(27)18-7-3-4-8-20(18)29-15-21(26)25-11-5-6-12-25/h3-4,7-10,13H,5-6,11-12,14-15H2,1-2H3. The molecule has 0 atom stereocenters. The average molecular weight is 433 g/mol. The highest BCUT2D eigenvalue weighted by Crippen LogP contribution is 2.27. The van der Waals surface area contributed by atoms with Crippen molar-refractivity contribution in [2.24, 2.45) is 0 Å². The highest BCUT2D eigenvalue weighted by molar-refractivity contribution is 8.00. The Morgan fingerprint density at radius 3 is 2.62 bits per heavy atom. The fraction of sp³-hybridized carbons (Fsp3) is 0.364. The molecule has 1 saturated heterocycles. The van der Waals surface area contributed by atoms with Gasteiger partial charge in [-0.05, 0) is 43.2 Å². The second-order valence-electron chi connectivity index (χ2n) is 6.99. The first-order valence-electron chi connectivity index (χ1n) is 9.57. The summed E-state index contributed by atoms with van der Waals surface area (Å²) in [6, 6.07) is 12.8. The highest BCUT2D eigenvalue weighted by atomic mass is 35.5. The molecule has 7 heteroatoms. The van der Waals surface area contributed by atoms with Gasteiger partial charge in [-0.25, -0.2) is 0 Å². The van der Waals surface area contributed by atoms with E-state index in [0.717, 1.165) is 36.4 Å². The van der Waals surface area contributed by atoms with E-state index in [-0.39, 0.29) is 11.8 Å². The summed E-state index contributed by atoms with van der Waals surface area (Å²) in [7, 11) is 3.34. The van der Waals surface area contributed by atoms with Crippen LogP contribution >= 0.6 is 23.4 Å². The van der Waals surface area contributed by atoms with Crippen LogP contribution in [0.25, 0.3) is 0 Å². The molecular weight excluding hydrogens is 408 g/mol. The molecule has 0 radical (unpaired) electrons. The number of nitrogens with zero attached hydrogens (tertiary/aromatic N) is 2. The van der Waals surface area contributed by atoms with Crippen LogP contribution in [0.1, 0.15) is 28.8 Å². The number of benzene rings is 2. The van der Waals surface area contributed by atoms with Crippen LogP contribution in [0.2, 0.25) is 5.02 Å². The van der Waals surface area contributed by atoms with E-state index in [4.69, 9.17) is 16.3 Å². The van der Waals surface area contributed by atoms with E-state index in [1.54, 1.807) is 43.3 Å². The Morgan fingerprint density at radius 1 is 1.17 bits per heavy atom. The van der Waals surface area contributed by atoms with E-state index in [9.17, 15) is 9.59 Å². The predicted octanol–water partition coefficient (Wildman–Crippen LogP) is 4.34. The molecule has 1 aliphatic heterocycles. The van der Waals surface area contributed by atoms with Crippen molar-refractivity contribution in [1.29, 1.82) is 0 Å². The number of ether oxygens (including phenoxy) is 1. The molecule has 0 aromatic heterocycles. The summed E-state index contributed by atoms with van der Waals surface area (Å²) < 4.78 is 5.38. The van der Waals surface area contributed by atoms with Crippen molar-refractivity contribution in [3.63, 3.8) is 0 Å². The third-order valence-electron chi connectivity index (χ3n) is 4.92. The van der Waals surface area contributed by atoms with E-state index < -0.39 is 0 Å². The van der Waals surface area contributed by atoms with Gasteiger partial charge in [-0.15, -0.1) is 11.8 Å². The van der Waals surface area contributed by atoms with Crippen LogP contribution in [0, 0.1) is 0 Å². The number of amides is 2. The van der Waals surface area contributed by atoms with Crippen LogP contribution in [0.4, 0.5) is 0 Å². The fourth-order valence-corrected chi connectivity index (χ4v) is 4.51. The van der Waals surface area contributed by atoms with E-state index in [1.807, 2.05) is 23.1 Å². The van der Waals surface area contributed by atoms with Crippen LogP contribution in [0.3, 0.4) is 0 Å². The number of hydrogen-bond donors (Lipinski definition) is 0. The molecule has 0 spiro atoms. The Kier molecular flexibility index (Phi) is 7.45. The first kappa shape index (κ1) is 21.5. The van der Waals surface area contributed by atoms with Crippen molar-refractivity contribution in [2.75, 3.05) is 33.0 Å². The van der Waals surface area contributed by atoms with Gasteiger partial charge >= 0.3 is 0 Å². The van der Waals surface area contributed by atoms with E-state index >= 15 is 0 Å². The molecule has 3 rings (SSSR count). The number of hydrogen-bond acceptors (Lipinski definition) is 4. The van der Waals surface area contributed by atoms with Gasteiger partial charge in [0.15, 0.2) is 0 Å². The second-order valence-corrected chi connectivity index (χ2v) is 8.44. The summed E-state index contributed by atoms with van der Waals surface area (Å²) in [6.45, 7) is 2.04. The van der Waals surface area contributed by atoms with Crippen LogP contribution in [0.15, 0.2) is 47.4 Å². The molecule has 0 N–H and O–H groups in total. The average Bonchev–Trinajstić information content (AvgIpc) is 3.27. The number of likely N-dealkylation sites (tertiary alicyclic amines) is 1. The summed E-state index contributed by atoms with van der Waals surface area (Å²) in [6.07, 6.45) is 2.15. The van der Waals surface area contributed by atoms with Crippen molar-refractivity contribution in [3.8, 4) is 5.75 Å². The minimum absolute atomic E-state index is 0.108. The molecule has 0 aliphatic carbocycles. The maximum Gasteiger partial charge on any atom is 0.255 e. The molecule has 0 bridgehead atoms. The number of methoxy groups -OCH3 is 1. The van der Waals surface area contributed by atoms with E-state index in [2.05, 4.69) is 0 Å². The number of halogens is 1. The molecule has 2 amide bonds. The Balaban J connectivity index is 1.70. The zero-order valence-corrected chi connectivity index (χ0v) is 18.3. The first-order valence-corrected chi connectivity index (χ1v) is 10.9. The lowest BCUT2D eigenvalue weighted by molar-refractivity contribution is -0.127. The van der Waals surface area contributed by atoms with Crippen LogP contribution in [0.5, 0.6) is 5.75 Å². The molecule has 154 valence electrons. The van der Waals surface area contributed by atoms with Gasteiger partial charge < -0.3 is 14.5 Å². The molecular formula is C22H25ClN2O3S. The van der Waals surface area contributed by atoms with Gasteiger partial charge in [0.2, 0.25) is 5.91 Å². The molecule has 1 aliphatic rings. The minimum Gasteiger partial charge on any atom is -0.496 e. The molecule has 2 aromatic carbocycles. The lowest BCUT2D eigenvalue weighted by Gasteiger charge is -2.21. The summed E-state index contributed by atoms with van der Waals surface area (Å²) in [5.41, 5.74) is 1.43. The minimum atomic E-state index is -0.108. The zero-order chi connectivity index (χ0) is 20.8. The highest BCUT2D eigenvalue weighted by Gasteiger charge is 2.21. The molecule has 0 unspecified atom stereocenters. The third kappa shape index (κ3) is 5.46. The van der Waals surface area contributed by atoms with Crippen LogP contribution in [-0.2, 0) is 11.3 Å². The lowest BCUT2D eigenvalue weighted by Crippen LogP contribution is -2.29. The maximum absolute atomic E-state index is 13.1. The summed E-state index contributed by atoms with van der Waals surface area (Å²) >= 11 is 7.53. The van der Waals surface area contributed by atoms with E-state index in [0.29, 0.717) is 28.6 Å². The SMILES string of the molecule is COc1ccc(Cl)cc1CN(C)C(=O)c1ccccc1SCC(=O)N1CCCC1. The van der Waals surface area contributed by atoms with Crippen molar-refractivity contribution < 1.29 is 14.3 Å². The van der Waals surface area contributed by atoms with E-state index in [1.165, 1.54) is 11.8 Å². The second kappa shape index (κ2) is 10.0. The van der Waals surface area contributed by atoms with Crippen LogP contribution in [-0.4, -0.2) is 54.6 Å². The Bertz CT molecular complexity index is 884. The molecule has 0 saturated carbocycles. The number of rotatable bonds is 7. The summed E-state index contributed by atoms with van der Waals surface area (Å²) in [5.74, 6) is 1.05. The monoisotopic (exact) mass is 432 g/mol. The van der Waals surface area contributed by atoms with Gasteiger partial charge in [-0.3, -0.25) is 9.59 Å². The molecule has 29 heavy (non-hydrogen) atoms. The summed E-state index contributed by atoms with van der Waals surface area (Å²) in [4.78, 5) is 29.8. The smallest absolute Gasteiger partial charge is 0.255 e.